The third-order valence-electron chi connectivity index (χ3n) is 12.0. The number of rotatable bonds is 6. The Kier molecular flexibility index (Phi) is 8.38. The number of likely N-dealkylation sites (tertiary alicyclic amines) is 1. The molecule has 0 aromatic heterocycles. The average molecular weight is 646 g/mol. The Hall–Kier alpha value is -3.93. The molecule has 0 bridgehead atoms. The summed E-state index contributed by atoms with van der Waals surface area (Å²) in [7, 11) is 0. The Morgan fingerprint density at radius 1 is 0.896 bits per heavy atom. The largest absolute Gasteiger partial charge is 0.368 e. The summed E-state index contributed by atoms with van der Waals surface area (Å²) in [6, 6.07) is 13.7. The van der Waals surface area contributed by atoms with Gasteiger partial charge in [-0.2, -0.15) is 0 Å². The van der Waals surface area contributed by atoms with E-state index in [1.165, 1.54) is 67.2 Å². The van der Waals surface area contributed by atoms with Crippen molar-refractivity contribution >= 4 is 11.6 Å². The molecule has 5 atom stereocenters. The summed E-state index contributed by atoms with van der Waals surface area (Å²) < 4.78 is 0. The number of hydrogen-bond donors (Lipinski definition) is 6. The van der Waals surface area contributed by atoms with Crippen LogP contribution in [0.25, 0.3) is 16.8 Å². The first-order valence-corrected chi connectivity index (χ1v) is 18.4. The number of nitrogens with one attached hydrogen (secondary N) is 5. The minimum atomic E-state index is -0.455. The molecule has 7 N–H and O–H groups in total. The fourth-order valence-electron chi connectivity index (χ4n) is 9.27. The van der Waals surface area contributed by atoms with E-state index >= 15 is 0 Å². The molecule has 48 heavy (non-hydrogen) atoms. The van der Waals surface area contributed by atoms with E-state index < -0.39 is 6.04 Å². The smallest absolute Gasteiger partial charge is 0.240 e. The lowest BCUT2D eigenvalue weighted by molar-refractivity contribution is -0.134. The molecule has 8 rings (SSSR count). The maximum Gasteiger partial charge on any atom is 0.240 e. The predicted octanol–water partition coefficient (Wildman–Crippen LogP) is 4.37. The van der Waals surface area contributed by atoms with Gasteiger partial charge >= 0.3 is 0 Å². The summed E-state index contributed by atoms with van der Waals surface area (Å²) in [6.45, 7) is 5.90. The maximum atomic E-state index is 13.1. The Balaban J connectivity index is 1.00. The molecule has 2 aliphatic carbocycles. The van der Waals surface area contributed by atoms with E-state index in [0.29, 0.717) is 6.04 Å². The van der Waals surface area contributed by atoms with Crippen LogP contribution < -0.4 is 32.3 Å². The highest BCUT2D eigenvalue weighted by Crippen LogP contribution is 2.54. The number of amides is 1. The lowest BCUT2D eigenvalue weighted by atomic mass is 9.76. The van der Waals surface area contributed by atoms with Crippen LogP contribution in [0.4, 0.5) is 0 Å². The van der Waals surface area contributed by atoms with Gasteiger partial charge in [-0.3, -0.25) is 4.79 Å². The highest BCUT2D eigenvalue weighted by molar-refractivity contribution is 5.83. The first-order valence-electron chi connectivity index (χ1n) is 18.4. The second kappa shape index (κ2) is 12.8. The number of carbonyl (C=O) groups is 1. The van der Waals surface area contributed by atoms with Gasteiger partial charge < -0.3 is 37.2 Å². The zero-order valence-electron chi connectivity index (χ0n) is 28.5. The van der Waals surface area contributed by atoms with Crippen molar-refractivity contribution in [3.8, 4) is 23.0 Å². The minimum absolute atomic E-state index is 0.0131. The Morgan fingerprint density at radius 2 is 1.69 bits per heavy atom. The molecule has 8 nitrogen and oxygen atoms in total. The van der Waals surface area contributed by atoms with Crippen molar-refractivity contribution < 1.29 is 4.79 Å². The standard InChI is InChI=1S/C40H51N7O/c1-25(2)36(41)39(48)47-22-6-8-34(47)38-44-24-33(46-38)28-11-9-26(10-12-28)30-16-14-27(31-17-20-40(35(30)31)18-3-4-19-40)13-15-29-23-43-37(45-29)32-7-5-21-42-32/h9-12,14,16,23-25,32,34,36-38,42-46H,3-8,17-22,41H2,1-2H3/t32-,34-,36?,37?,38?/m0/s1. The first kappa shape index (κ1) is 31.3. The van der Waals surface area contributed by atoms with Crippen LogP contribution in [0.3, 0.4) is 0 Å². The van der Waals surface area contributed by atoms with Crippen LogP contribution in [0.5, 0.6) is 0 Å². The zero-order chi connectivity index (χ0) is 32.8. The minimum Gasteiger partial charge on any atom is -0.368 e. The van der Waals surface area contributed by atoms with Crippen LogP contribution in [-0.2, 0) is 16.6 Å². The fraction of sp³-hybridized carbons (Fsp3) is 0.525. The molecule has 4 heterocycles. The molecule has 2 aromatic rings. The summed E-state index contributed by atoms with van der Waals surface area (Å²) in [5.41, 5.74) is 16.6. The lowest BCUT2D eigenvalue weighted by Crippen LogP contribution is -2.55. The number of allylic oxidation sites excluding steroid dienone is 1. The van der Waals surface area contributed by atoms with Gasteiger partial charge in [-0.05, 0) is 109 Å². The molecular weight excluding hydrogens is 594 g/mol. The Morgan fingerprint density at radius 3 is 2.46 bits per heavy atom. The number of fused-ring (bicyclic) bond motifs is 2. The summed E-state index contributed by atoms with van der Waals surface area (Å²) in [5.74, 6) is 7.24. The normalized spacial score (nSPS) is 27.5. The van der Waals surface area contributed by atoms with Gasteiger partial charge in [0.15, 0.2) is 0 Å². The van der Waals surface area contributed by atoms with Crippen LogP contribution in [0.2, 0.25) is 0 Å². The highest BCUT2D eigenvalue weighted by atomic mass is 16.2. The molecular formula is C40H51N7O. The van der Waals surface area contributed by atoms with Crippen molar-refractivity contribution in [3.05, 3.63) is 76.7 Å². The second-order valence-electron chi connectivity index (χ2n) is 15.2. The van der Waals surface area contributed by atoms with E-state index in [1.807, 2.05) is 24.9 Å². The molecule has 3 unspecified atom stereocenters. The highest BCUT2D eigenvalue weighted by Gasteiger charge is 2.43. The van der Waals surface area contributed by atoms with E-state index in [9.17, 15) is 4.79 Å². The molecule has 4 aliphatic heterocycles. The van der Waals surface area contributed by atoms with Gasteiger partial charge in [0.25, 0.3) is 0 Å². The topological polar surface area (TPSA) is 106 Å². The zero-order valence-corrected chi connectivity index (χ0v) is 28.5. The number of nitrogens with two attached hydrogens (primary N) is 1. The van der Waals surface area contributed by atoms with E-state index in [0.717, 1.165) is 49.3 Å². The molecule has 1 amide bonds. The van der Waals surface area contributed by atoms with Gasteiger partial charge in [0, 0.05) is 30.5 Å². The predicted molar refractivity (Wildman–Crippen MR) is 192 cm³/mol. The van der Waals surface area contributed by atoms with Crippen molar-refractivity contribution in [3.63, 3.8) is 0 Å². The molecule has 8 heteroatoms. The second-order valence-corrected chi connectivity index (χ2v) is 15.2. The van der Waals surface area contributed by atoms with Gasteiger partial charge in [0.1, 0.15) is 18.0 Å². The molecule has 2 saturated heterocycles. The molecule has 1 spiro atoms. The maximum absolute atomic E-state index is 13.1. The third kappa shape index (κ3) is 5.65. The fourth-order valence-corrected chi connectivity index (χ4v) is 9.27. The summed E-state index contributed by atoms with van der Waals surface area (Å²) in [5, 5.41) is 17.9. The molecule has 2 aromatic carbocycles. The van der Waals surface area contributed by atoms with Crippen LogP contribution in [0, 0.1) is 17.8 Å². The van der Waals surface area contributed by atoms with E-state index in [1.54, 1.807) is 5.56 Å². The van der Waals surface area contributed by atoms with Crippen LogP contribution in [0.1, 0.15) is 93.9 Å². The molecule has 3 fully saturated rings. The van der Waals surface area contributed by atoms with Crippen molar-refractivity contribution in [1.82, 2.24) is 31.5 Å². The number of benzene rings is 2. The van der Waals surface area contributed by atoms with E-state index in [4.69, 9.17) is 5.73 Å². The monoisotopic (exact) mass is 645 g/mol. The molecule has 1 saturated carbocycles. The quantitative estimate of drug-likeness (QED) is 0.259. The van der Waals surface area contributed by atoms with Gasteiger partial charge in [-0.25, -0.2) is 0 Å². The SMILES string of the molecule is CC(C)C(N)C(=O)N1CCC[C@H]1C1NC=C(c2ccc(-c3ccc(C#CC4=CNC([C@@H]5CCCN5)N4)c4c3C3(CCCC3)CC4)cc2)N1. The van der Waals surface area contributed by atoms with Crippen LogP contribution in [0.15, 0.2) is 54.5 Å². The van der Waals surface area contributed by atoms with E-state index in [-0.39, 0.29) is 35.6 Å². The summed E-state index contributed by atoms with van der Waals surface area (Å²) in [6.07, 6.45) is 16.3. The summed E-state index contributed by atoms with van der Waals surface area (Å²) in [4.78, 5) is 15.1. The van der Waals surface area contributed by atoms with Crippen LogP contribution in [-0.4, -0.2) is 54.4 Å². The van der Waals surface area contributed by atoms with Gasteiger partial charge in [0.2, 0.25) is 5.91 Å². The third-order valence-corrected chi connectivity index (χ3v) is 12.0. The van der Waals surface area contributed by atoms with E-state index in [2.05, 4.69) is 81.0 Å². The van der Waals surface area contributed by atoms with Gasteiger partial charge in [-0.15, -0.1) is 0 Å². The van der Waals surface area contributed by atoms with Crippen LogP contribution >= 0.6 is 0 Å². The van der Waals surface area contributed by atoms with Crippen molar-refractivity contribution in [2.45, 2.75) is 114 Å². The van der Waals surface area contributed by atoms with Crippen molar-refractivity contribution in [2.75, 3.05) is 13.1 Å². The average Bonchev–Trinajstić information content (AvgIpc) is 3.96. The first-order chi connectivity index (χ1) is 23.4. The van der Waals surface area contributed by atoms with Gasteiger partial charge in [0.05, 0.1) is 17.8 Å². The number of carbonyl (C=O) groups excluding carboxylic acids is 1. The van der Waals surface area contributed by atoms with Crippen molar-refractivity contribution in [2.24, 2.45) is 11.7 Å². The van der Waals surface area contributed by atoms with Crippen molar-refractivity contribution in [1.29, 1.82) is 0 Å². The molecule has 6 aliphatic rings. The Labute approximate surface area is 285 Å². The number of nitrogens with zero attached hydrogens (tertiary/aromatic N) is 1. The number of hydrogen-bond acceptors (Lipinski definition) is 7. The van der Waals surface area contributed by atoms with Gasteiger partial charge in [-0.1, -0.05) is 62.9 Å². The molecule has 252 valence electrons. The lowest BCUT2D eigenvalue weighted by Gasteiger charge is -2.33. The Bertz CT molecular complexity index is 1670. The summed E-state index contributed by atoms with van der Waals surface area (Å²) >= 11 is 0. The molecule has 0 radical (unpaired) electrons.